The van der Waals surface area contributed by atoms with Crippen molar-refractivity contribution in [3.63, 3.8) is 0 Å². The van der Waals surface area contributed by atoms with E-state index in [0.717, 1.165) is 84.0 Å². The van der Waals surface area contributed by atoms with Gasteiger partial charge in [-0.1, -0.05) is 44.1 Å². The van der Waals surface area contributed by atoms with Crippen LogP contribution < -0.4 is 27.5 Å². The monoisotopic (exact) mass is 726 g/mol. The lowest BCUT2D eigenvalue weighted by Gasteiger charge is -2.27. The molecule has 1 heterocycles. The van der Waals surface area contributed by atoms with E-state index in [2.05, 4.69) is 36.7 Å². The lowest BCUT2D eigenvalue weighted by Crippen LogP contribution is -2.41. The standard InChI is InChI=1S/C42H75N7O3/c1-34(43)33-48(44)30-25-35(2)52-32-26-42(3,4)47-28-14-13-27-46-40(50)22-12-10-8-6-5-7-9-11-21-38(36-17-15-18-36)45-29-31-49-39(23-24-41(49)51)37-19-16-20-37/h23-24,33,35,45,47H,5-22,25-32,43-44H2,1-4H3,(H,46,50)/b34-33-. The molecule has 0 spiro atoms. The lowest BCUT2D eigenvalue weighted by atomic mass is 9.89. The molecular formula is C42H75N7O3. The molecule has 2 aliphatic carbocycles. The van der Waals surface area contributed by atoms with Gasteiger partial charge in [-0.2, -0.15) is 0 Å². The van der Waals surface area contributed by atoms with E-state index in [-0.39, 0.29) is 23.5 Å². The van der Waals surface area contributed by atoms with Crippen LogP contribution in [0.3, 0.4) is 0 Å². The molecule has 0 aromatic heterocycles. The maximum absolute atomic E-state index is 12.4. The predicted molar refractivity (Wildman–Crippen MR) is 215 cm³/mol. The number of allylic oxidation sites excluding steroid dienone is 5. The van der Waals surface area contributed by atoms with E-state index in [4.69, 9.17) is 16.3 Å². The average Bonchev–Trinajstić information content (AvgIpc) is 3.39. The number of nitrogens with two attached hydrogens (primary N) is 2. The van der Waals surface area contributed by atoms with Crippen LogP contribution in [0, 0.1) is 0 Å². The zero-order chi connectivity index (χ0) is 37.6. The summed E-state index contributed by atoms with van der Waals surface area (Å²) in [6.45, 7) is 13.0. The highest BCUT2D eigenvalue weighted by Crippen LogP contribution is 2.33. The van der Waals surface area contributed by atoms with Crippen LogP contribution in [0.4, 0.5) is 0 Å². The lowest BCUT2D eigenvalue weighted by molar-refractivity contribution is -0.123. The smallest absolute Gasteiger partial charge is 0.251 e. The van der Waals surface area contributed by atoms with Crippen molar-refractivity contribution in [1.29, 1.82) is 0 Å². The second-order valence-corrected chi connectivity index (χ2v) is 16.1. The maximum Gasteiger partial charge on any atom is 0.251 e. The van der Waals surface area contributed by atoms with Crippen molar-refractivity contribution in [2.45, 2.75) is 168 Å². The van der Waals surface area contributed by atoms with Crippen LogP contribution in [0.5, 0.6) is 0 Å². The van der Waals surface area contributed by atoms with E-state index < -0.39 is 0 Å². The minimum atomic E-state index is 0.00387. The Hall–Kier alpha value is -2.82. The molecule has 7 N–H and O–H groups in total. The molecule has 0 saturated heterocycles. The maximum atomic E-state index is 12.4. The van der Waals surface area contributed by atoms with Gasteiger partial charge in [0.25, 0.3) is 5.91 Å². The van der Waals surface area contributed by atoms with Crippen LogP contribution in [-0.4, -0.2) is 72.7 Å². The van der Waals surface area contributed by atoms with Crippen LogP contribution in [0.2, 0.25) is 0 Å². The van der Waals surface area contributed by atoms with Gasteiger partial charge in [-0.25, -0.2) is 5.84 Å². The zero-order valence-electron chi connectivity index (χ0n) is 33.5. The van der Waals surface area contributed by atoms with Gasteiger partial charge in [-0.15, -0.1) is 0 Å². The first-order chi connectivity index (χ1) is 25.0. The van der Waals surface area contributed by atoms with Gasteiger partial charge < -0.3 is 36.3 Å². The van der Waals surface area contributed by atoms with Gasteiger partial charge in [0.1, 0.15) is 0 Å². The number of hydrogen-bond donors (Lipinski definition) is 5. The number of rotatable bonds is 29. The van der Waals surface area contributed by atoms with Gasteiger partial charge >= 0.3 is 0 Å². The molecular weight excluding hydrogens is 651 g/mol. The van der Waals surface area contributed by atoms with Gasteiger partial charge in [-0.3, -0.25) is 9.59 Å². The molecule has 2 amide bonds. The molecule has 52 heavy (non-hydrogen) atoms. The van der Waals surface area contributed by atoms with Crippen LogP contribution in [-0.2, 0) is 14.3 Å². The van der Waals surface area contributed by atoms with Crippen molar-refractivity contribution < 1.29 is 14.3 Å². The highest BCUT2D eigenvalue weighted by molar-refractivity contribution is 5.93. The molecule has 0 aromatic rings. The Morgan fingerprint density at radius 3 is 2.21 bits per heavy atom. The molecule has 10 heteroatoms. The Labute approximate surface area is 316 Å². The number of unbranched alkanes of at least 4 members (excludes halogenated alkanes) is 8. The Balaban J connectivity index is 1.10. The van der Waals surface area contributed by atoms with Crippen molar-refractivity contribution in [2.75, 3.05) is 39.3 Å². The third-order valence-electron chi connectivity index (χ3n) is 10.7. The summed E-state index contributed by atoms with van der Waals surface area (Å²) in [4.78, 5) is 26.7. The van der Waals surface area contributed by atoms with E-state index in [1.165, 1.54) is 81.2 Å². The highest BCUT2D eigenvalue weighted by atomic mass is 16.5. The van der Waals surface area contributed by atoms with E-state index in [1.807, 2.05) is 17.9 Å². The van der Waals surface area contributed by atoms with Crippen molar-refractivity contribution in [3.05, 3.63) is 46.6 Å². The summed E-state index contributed by atoms with van der Waals surface area (Å²) in [5, 5.41) is 12.1. The third kappa shape index (κ3) is 17.8. The van der Waals surface area contributed by atoms with Crippen LogP contribution >= 0.6 is 0 Å². The summed E-state index contributed by atoms with van der Waals surface area (Å²) < 4.78 is 6.00. The third-order valence-corrected chi connectivity index (χ3v) is 10.7. The van der Waals surface area contributed by atoms with Crippen molar-refractivity contribution in [1.82, 2.24) is 25.9 Å². The second kappa shape index (κ2) is 24.5. The molecule has 3 aliphatic rings. The summed E-state index contributed by atoms with van der Waals surface area (Å²) in [7, 11) is 0. The Morgan fingerprint density at radius 1 is 0.923 bits per heavy atom. The van der Waals surface area contributed by atoms with E-state index >= 15 is 0 Å². The normalized spacial score (nSPS) is 16.6. The predicted octanol–water partition coefficient (Wildman–Crippen LogP) is 7.20. The SMILES string of the molecule is C/C(N)=C/N(N)CCC(C)OCCC(C)(C)NCCCCNC(=O)CCCCCCCCCCC(NCCN1C(=O)C=CC1=C1CCC1)=C1CCC1. The Kier molecular flexibility index (Phi) is 20.5. The molecule has 2 fully saturated rings. The molecule has 2 saturated carbocycles. The fourth-order valence-electron chi connectivity index (χ4n) is 6.95. The van der Waals surface area contributed by atoms with Crippen molar-refractivity contribution in [2.24, 2.45) is 11.6 Å². The first-order valence-electron chi connectivity index (χ1n) is 20.8. The number of nitrogens with one attached hydrogen (secondary N) is 3. The number of hydrogen-bond acceptors (Lipinski definition) is 8. The number of carbonyl (C=O) groups is 2. The second-order valence-electron chi connectivity index (χ2n) is 16.1. The average molecular weight is 726 g/mol. The van der Waals surface area contributed by atoms with Crippen molar-refractivity contribution >= 4 is 11.8 Å². The number of hydrazine groups is 1. The summed E-state index contributed by atoms with van der Waals surface area (Å²) in [5.41, 5.74) is 12.0. The molecule has 3 rings (SSSR count). The van der Waals surface area contributed by atoms with Crippen LogP contribution in [0.25, 0.3) is 0 Å². The van der Waals surface area contributed by atoms with Gasteiger partial charge in [0.2, 0.25) is 5.91 Å². The van der Waals surface area contributed by atoms with E-state index in [0.29, 0.717) is 25.3 Å². The molecule has 296 valence electrons. The van der Waals surface area contributed by atoms with Gasteiger partial charge in [0.15, 0.2) is 0 Å². The number of nitrogens with zero attached hydrogens (tertiary/aromatic N) is 2. The number of carbonyl (C=O) groups excluding carboxylic acids is 2. The largest absolute Gasteiger partial charge is 0.401 e. The van der Waals surface area contributed by atoms with Gasteiger partial charge in [0, 0.05) is 74.1 Å². The first kappa shape index (κ1) is 43.6. The van der Waals surface area contributed by atoms with Gasteiger partial charge in [-0.05, 0) is 129 Å². The topological polar surface area (TPSA) is 138 Å². The molecule has 1 unspecified atom stereocenters. The Bertz CT molecular complexity index is 1190. The molecule has 0 bridgehead atoms. The summed E-state index contributed by atoms with van der Waals surface area (Å²) >= 11 is 0. The minimum Gasteiger partial charge on any atom is -0.401 e. The number of amides is 2. The fourth-order valence-corrected chi connectivity index (χ4v) is 6.95. The van der Waals surface area contributed by atoms with E-state index in [1.54, 1.807) is 22.9 Å². The molecule has 10 nitrogen and oxygen atoms in total. The molecule has 0 radical (unpaired) electrons. The van der Waals surface area contributed by atoms with Crippen molar-refractivity contribution in [3.8, 4) is 0 Å². The summed E-state index contributed by atoms with van der Waals surface area (Å²) in [5.74, 6) is 6.23. The van der Waals surface area contributed by atoms with Crippen LogP contribution in [0.15, 0.2) is 46.6 Å². The Morgan fingerprint density at radius 2 is 1.58 bits per heavy atom. The summed E-state index contributed by atoms with van der Waals surface area (Å²) in [6, 6.07) is 0. The zero-order valence-corrected chi connectivity index (χ0v) is 33.5. The first-order valence-corrected chi connectivity index (χ1v) is 20.8. The van der Waals surface area contributed by atoms with E-state index in [9.17, 15) is 9.59 Å². The molecule has 1 aliphatic heterocycles. The molecule has 1 atom stereocenters. The summed E-state index contributed by atoms with van der Waals surface area (Å²) in [6.07, 6.45) is 28.2. The molecule has 0 aromatic carbocycles. The fraction of sp³-hybridized carbons (Fsp3) is 0.762. The highest BCUT2D eigenvalue weighted by Gasteiger charge is 2.25. The quantitative estimate of drug-likeness (QED) is 0.0310. The number of ether oxygens (including phenoxy) is 1. The minimum absolute atomic E-state index is 0.00387. The van der Waals surface area contributed by atoms with Gasteiger partial charge in [0.05, 0.1) is 6.10 Å². The van der Waals surface area contributed by atoms with Crippen LogP contribution in [0.1, 0.15) is 156 Å².